The Labute approximate surface area is 257 Å². The fraction of sp³-hybridized carbons (Fsp3) is 0.452. The number of para-hydroxylation sites is 1. The van der Waals surface area contributed by atoms with Gasteiger partial charge < -0.3 is 26.0 Å². The summed E-state index contributed by atoms with van der Waals surface area (Å²) < 4.78 is 37.7. The molecule has 5 rings (SSSR count). The zero-order chi connectivity index (χ0) is 33.5. The lowest BCUT2D eigenvalue weighted by Crippen LogP contribution is -2.54. The minimum absolute atomic E-state index is 0.111. The second kappa shape index (κ2) is 12.0. The summed E-state index contributed by atoms with van der Waals surface area (Å²) in [5, 5.41) is 30.7. The van der Waals surface area contributed by atoms with Gasteiger partial charge in [0.2, 0.25) is 11.8 Å². The van der Waals surface area contributed by atoms with Crippen molar-refractivity contribution in [2.45, 2.75) is 76.0 Å². The Kier molecular flexibility index (Phi) is 8.90. The molecule has 2 aromatic carbocycles. The first-order valence-electron chi connectivity index (χ1n) is 14.1. The second-order valence-corrected chi connectivity index (χ2v) is 12.4. The number of hydrogen-bond acceptors (Lipinski definition) is 8. The number of hydrogen-bond donors (Lipinski definition) is 4. The van der Waals surface area contributed by atoms with Crippen LogP contribution in [-0.4, -0.2) is 62.3 Å². The number of nitrogens with one attached hydrogen (secondary N) is 1. The molecule has 11 nitrogen and oxygen atoms in total. The van der Waals surface area contributed by atoms with E-state index in [2.05, 4.69) is 16.4 Å². The highest BCUT2D eigenvalue weighted by atomic mass is 19.4. The van der Waals surface area contributed by atoms with E-state index in [0.717, 1.165) is 5.56 Å². The molecule has 1 fully saturated rings. The third-order valence-corrected chi connectivity index (χ3v) is 7.93. The number of ether oxygens (including phenoxy) is 1. The van der Waals surface area contributed by atoms with Crippen LogP contribution >= 0.6 is 0 Å². The van der Waals surface area contributed by atoms with E-state index in [0.29, 0.717) is 23.3 Å². The number of nitrogens with two attached hydrogens (primary N) is 1. The van der Waals surface area contributed by atoms with Crippen molar-refractivity contribution < 1.29 is 42.5 Å². The molecule has 45 heavy (non-hydrogen) atoms. The molecule has 2 heterocycles. The van der Waals surface area contributed by atoms with Gasteiger partial charge in [-0.05, 0) is 63.8 Å². The average molecular weight is 630 g/mol. The lowest BCUT2D eigenvalue weighted by atomic mass is 9.86. The van der Waals surface area contributed by atoms with Crippen LogP contribution in [0.3, 0.4) is 0 Å². The van der Waals surface area contributed by atoms with Crippen LogP contribution < -0.4 is 15.8 Å². The Morgan fingerprint density at radius 2 is 1.82 bits per heavy atom. The van der Waals surface area contributed by atoms with E-state index >= 15 is 0 Å². The molecule has 0 saturated heterocycles. The number of rotatable bonds is 5. The van der Waals surface area contributed by atoms with Gasteiger partial charge in [0.15, 0.2) is 5.96 Å². The molecule has 1 saturated carbocycles. The molecule has 1 aliphatic carbocycles. The van der Waals surface area contributed by atoms with Crippen molar-refractivity contribution >= 4 is 23.7 Å². The van der Waals surface area contributed by atoms with Gasteiger partial charge in [0.1, 0.15) is 17.5 Å². The number of aliphatic hydroxyl groups excluding tert-OH is 1. The van der Waals surface area contributed by atoms with Gasteiger partial charge in [-0.25, -0.2) is 9.79 Å². The number of aliphatic imine (C=N–C) groups is 1. The number of benzene rings is 2. The summed E-state index contributed by atoms with van der Waals surface area (Å²) in [6, 6.07) is 15.4. The topological polar surface area (TPSA) is 178 Å². The third-order valence-electron chi connectivity index (χ3n) is 7.93. The van der Waals surface area contributed by atoms with E-state index in [1.807, 2.05) is 44.2 Å². The maximum Gasteiger partial charge on any atom is 0.490 e. The summed E-state index contributed by atoms with van der Waals surface area (Å²) in [7, 11) is 0. The van der Waals surface area contributed by atoms with Gasteiger partial charge in [0, 0.05) is 11.5 Å². The molecular formula is C31H34F3N5O6. The first-order valence-corrected chi connectivity index (χ1v) is 14.1. The predicted octanol–water partition coefficient (Wildman–Crippen LogP) is 3.58. The highest BCUT2D eigenvalue weighted by Crippen LogP contribution is 2.52. The standard InChI is InChI=1S/C29H33N5O4.C2HF3O2/c1-28(2)14-22(35)34(27(31)33-28)24(17-9-7-8-16(12-17)15-30)19-13-20(19)26(37)32-23-18-10-5-6-11-21(18)38-29(3,4)25(23)36;3-2(4,5)1(6)7/h5-12,19-20,23-25,36H,13-14H2,1-4H3,(H2,31,33)(H,32,37);(H,6,7)/t19-,20-,23-,24?,25+;/m1./s1. The number of nitrogens with zero attached hydrogens (tertiary/aromatic N) is 3. The highest BCUT2D eigenvalue weighted by molar-refractivity contribution is 5.99. The Bertz CT molecular complexity index is 1570. The van der Waals surface area contributed by atoms with Crippen molar-refractivity contribution in [2.24, 2.45) is 22.6 Å². The predicted molar refractivity (Wildman–Crippen MR) is 154 cm³/mol. The van der Waals surface area contributed by atoms with Crippen LogP contribution in [0.25, 0.3) is 0 Å². The number of alkyl halides is 3. The number of carbonyl (C=O) groups is 3. The van der Waals surface area contributed by atoms with Gasteiger partial charge in [-0.2, -0.15) is 18.4 Å². The SMILES string of the molecule is CC1(C)CC(=O)N(C(c2cccc(C#N)c2)[C@@H]2C[C@H]2C(=O)N[C@@H]2c3ccccc3OC(C)(C)[C@H]2O)C(N)=N1.O=C(O)C(F)(F)F. The van der Waals surface area contributed by atoms with Gasteiger partial charge in [-0.3, -0.25) is 14.5 Å². The number of carboxylic acid groups (broad SMARTS) is 1. The number of nitriles is 1. The molecule has 0 spiro atoms. The molecule has 0 bridgehead atoms. The van der Waals surface area contributed by atoms with E-state index < -0.39 is 47.4 Å². The zero-order valence-corrected chi connectivity index (χ0v) is 25.0. The summed E-state index contributed by atoms with van der Waals surface area (Å²) in [5.74, 6) is -3.05. The van der Waals surface area contributed by atoms with Gasteiger partial charge in [-0.1, -0.05) is 30.3 Å². The molecule has 5 N–H and O–H groups in total. The highest BCUT2D eigenvalue weighted by Gasteiger charge is 2.54. The minimum atomic E-state index is -5.08. The van der Waals surface area contributed by atoms with Crippen LogP contribution in [0.4, 0.5) is 13.2 Å². The lowest BCUT2D eigenvalue weighted by Gasteiger charge is -2.42. The number of carbonyl (C=O) groups excluding carboxylic acids is 2. The summed E-state index contributed by atoms with van der Waals surface area (Å²) in [4.78, 5) is 41.8. The van der Waals surface area contributed by atoms with Crippen LogP contribution in [0.15, 0.2) is 53.5 Å². The average Bonchev–Trinajstić information content (AvgIpc) is 3.73. The molecule has 3 aliphatic rings. The van der Waals surface area contributed by atoms with E-state index in [4.69, 9.17) is 20.4 Å². The first kappa shape index (κ1) is 33.3. The Morgan fingerprint density at radius 3 is 2.42 bits per heavy atom. The van der Waals surface area contributed by atoms with Crippen molar-refractivity contribution in [3.8, 4) is 11.8 Å². The summed E-state index contributed by atoms with van der Waals surface area (Å²) in [6.07, 6.45) is -5.33. The molecule has 2 aromatic rings. The van der Waals surface area contributed by atoms with Crippen molar-refractivity contribution in [3.05, 3.63) is 65.2 Å². The summed E-state index contributed by atoms with van der Waals surface area (Å²) in [6.45, 7) is 7.28. The largest absolute Gasteiger partial charge is 0.490 e. The van der Waals surface area contributed by atoms with Gasteiger partial charge in [0.25, 0.3) is 0 Å². The van der Waals surface area contributed by atoms with E-state index in [1.165, 1.54) is 4.90 Å². The third kappa shape index (κ3) is 7.20. The molecule has 2 aliphatic heterocycles. The van der Waals surface area contributed by atoms with E-state index in [-0.39, 0.29) is 30.1 Å². The maximum atomic E-state index is 13.6. The molecule has 5 atom stereocenters. The van der Waals surface area contributed by atoms with Crippen LogP contribution in [-0.2, 0) is 14.4 Å². The van der Waals surface area contributed by atoms with Gasteiger partial charge >= 0.3 is 12.1 Å². The van der Waals surface area contributed by atoms with Crippen molar-refractivity contribution in [1.82, 2.24) is 10.2 Å². The van der Waals surface area contributed by atoms with Crippen LogP contribution in [0.5, 0.6) is 5.75 Å². The molecule has 2 amide bonds. The fourth-order valence-electron chi connectivity index (χ4n) is 5.69. The van der Waals surface area contributed by atoms with E-state index in [1.54, 1.807) is 32.0 Å². The molecule has 1 unspecified atom stereocenters. The number of carboxylic acids is 1. The van der Waals surface area contributed by atoms with Crippen molar-refractivity contribution in [2.75, 3.05) is 0 Å². The molecule has 0 radical (unpaired) electrons. The zero-order valence-electron chi connectivity index (χ0n) is 25.0. The van der Waals surface area contributed by atoms with Gasteiger partial charge in [0.05, 0.1) is 35.7 Å². The van der Waals surface area contributed by atoms with Crippen LogP contribution in [0.1, 0.15) is 69.3 Å². The van der Waals surface area contributed by atoms with Crippen LogP contribution in [0.2, 0.25) is 0 Å². The second-order valence-electron chi connectivity index (χ2n) is 12.4. The maximum absolute atomic E-state index is 13.6. The van der Waals surface area contributed by atoms with Crippen LogP contribution in [0, 0.1) is 23.2 Å². The fourth-order valence-corrected chi connectivity index (χ4v) is 5.69. The molecular weight excluding hydrogens is 595 g/mol. The number of aliphatic carboxylic acids is 1. The molecule has 0 aromatic heterocycles. The quantitative estimate of drug-likeness (QED) is 0.388. The number of fused-ring (bicyclic) bond motifs is 1. The molecule has 240 valence electrons. The van der Waals surface area contributed by atoms with E-state index in [9.17, 15) is 33.1 Å². The monoisotopic (exact) mass is 629 g/mol. The normalized spacial score (nSPS) is 25.2. The van der Waals surface area contributed by atoms with Crippen molar-refractivity contribution in [1.29, 1.82) is 5.26 Å². The van der Waals surface area contributed by atoms with Gasteiger partial charge in [-0.15, -0.1) is 0 Å². The smallest absolute Gasteiger partial charge is 0.485 e. The van der Waals surface area contributed by atoms with Crippen molar-refractivity contribution in [3.63, 3.8) is 0 Å². The Balaban J connectivity index is 0.000000591. The Morgan fingerprint density at radius 1 is 1.18 bits per heavy atom. The number of amides is 2. The summed E-state index contributed by atoms with van der Waals surface area (Å²) >= 11 is 0. The lowest BCUT2D eigenvalue weighted by molar-refractivity contribution is -0.192. The minimum Gasteiger partial charge on any atom is -0.485 e. The number of aliphatic hydroxyl groups is 1. The first-order chi connectivity index (χ1) is 20.9. The summed E-state index contributed by atoms with van der Waals surface area (Å²) in [5.41, 5.74) is 6.73. The molecule has 14 heteroatoms. The number of guanidine groups is 1. The number of halogens is 3. The Hall–Kier alpha value is -4.64.